The van der Waals surface area contributed by atoms with Crippen molar-refractivity contribution in [3.63, 3.8) is 0 Å². The lowest BCUT2D eigenvalue weighted by Crippen LogP contribution is -2.27. The summed E-state index contributed by atoms with van der Waals surface area (Å²) in [6, 6.07) is 9.36. The Bertz CT molecular complexity index is 718. The van der Waals surface area contributed by atoms with Gasteiger partial charge in [0.05, 0.1) is 5.69 Å². The molecule has 1 aromatic heterocycles. The lowest BCUT2D eigenvalue weighted by molar-refractivity contribution is 0.107. The quantitative estimate of drug-likeness (QED) is 0.813. The van der Waals surface area contributed by atoms with Gasteiger partial charge in [-0.1, -0.05) is 38.1 Å². The molecule has 1 aromatic carbocycles. The second kappa shape index (κ2) is 6.22. The molecule has 0 amide bonds. The number of halogens is 1. The van der Waals surface area contributed by atoms with Crippen LogP contribution in [-0.2, 0) is 6.54 Å². The molecular weight excluding hydrogens is 288 g/mol. The minimum atomic E-state index is -0.760. The third-order valence-corrected chi connectivity index (χ3v) is 3.56. The predicted octanol–water partition coefficient (Wildman–Crippen LogP) is 3.43. The molecule has 110 valence electrons. The topological polar surface area (TPSA) is 52.0 Å². The van der Waals surface area contributed by atoms with Crippen molar-refractivity contribution in [3.8, 4) is 11.3 Å². The van der Waals surface area contributed by atoms with Gasteiger partial charge in [0.1, 0.15) is 5.56 Å². The molecule has 0 atom stereocenters. The van der Waals surface area contributed by atoms with E-state index in [-0.39, 0.29) is 5.56 Å². The first-order valence-electron chi connectivity index (χ1n) is 6.86. The van der Waals surface area contributed by atoms with Crippen LogP contribution in [0.25, 0.3) is 11.3 Å². The number of hydrogen-bond donors (Lipinski definition) is 0. The van der Waals surface area contributed by atoms with Gasteiger partial charge in [0.15, 0.2) is 0 Å². The molecule has 21 heavy (non-hydrogen) atoms. The van der Waals surface area contributed by atoms with Gasteiger partial charge in [0.2, 0.25) is 0 Å². The molecule has 0 unspecified atom stereocenters. The van der Waals surface area contributed by atoms with Crippen LogP contribution >= 0.6 is 11.6 Å². The Morgan fingerprint density at radius 3 is 2.38 bits per heavy atom. The molecule has 0 aliphatic carbocycles. The molecule has 0 bridgehead atoms. The predicted molar refractivity (Wildman–Crippen MR) is 83.9 cm³/mol. The zero-order chi connectivity index (χ0) is 15.6. The van der Waals surface area contributed by atoms with Gasteiger partial charge in [-0.3, -0.25) is 9.59 Å². The van der Waals surface area contributed by atoms with Crippen molar-refractivity contribution in [2.24, 2.45) is 0 Å². The van der Waals surface area contributed by atoms with Gasteiger partial charge in [-0.15, -0.1) is 0 Å². The lowest BCUT2D eigenvalue weighted by Gasteiger charge is -2.09. The van der Waals surface area contributed by atoms with Gasteiger partial charge in [0, 0.05) is 12.1 Å². The molecule has 2 aromatic rings. The smallest absolute Gasteiger partial charge is 0.275 e. The highest BCUT2D eigenvalue weighted by Gasteiger charge is 2.14. The lowest BCUT2D eigenvalue weighted by atomic mass is 10.0. The SMILES string of the molecule is CCn1nc(-c2ccc(C(C)C)cc2)cc(C(=O)Cl)c1=O. The summed E-state index contributed by atoms with van der Waals surface area (Å²) in [4.78, 5) is 23.3. The minimum absolute atomic E-state index is 0.0450. The largest absolute Gasteiger partial charge is 0.278 e. The fourth-order valence-corrected chi connectivity index (χ4v) is 2.21. The zero-order valence-corrected chi connectivity index (χ0v) is 13.0. The number of benzene rings is 1. The molecule has 0 spiro atoms. The van der Waals surface area contributed by atoms with E-state index in [0.29, 0.717) is 18.2 Å². The maximum atomic E-state index is 12.0. The Morgan fingerprint density at radius 1 is 1.29 bits per heavy atom. The van der Waals surface area contributed by atoms with E-state index in [1.165, 1.54) is 16.3 Å². The van der Waals surface area contributed by atoms with Crippen LogP contribution in [0.4, 0.5) is 0 Å². The van der Waals surface area contributed by atoms with E-state index < -0.39 is 10.8 Å². The van der Waals surface area contributed by atoms with Gasteiger partial charge < -0.3 is 0 Å². The van der Waals surface area contributed by atoms with E-state index in [1.807, 2.05) is 24.3 Å². The number of carbonyl (C=O) groups excluding carboxylic acids is 1. The number of carbonyl (C=O) groups is 1. The van der Waals surface area contributed by atoms with Crippen LogP contribution in [0.15, 0.2) is 35.1 Å². The molecule has 5 heteroatoms. The fourth-order valence-electron chi connectivity index (χ4n) is 2.08. The maximum Gasteiger partial charge on any atom is 0.278 e. The van der Waals surface area contributed by atoms with E-state index in [0.717, 1.165) is 5.56 Å². The fraction of sp³-hybridized carbons (Fsp3) is 0.312. The van der Waals surface area contributed by atoms with E-state index in [1.54, 1.807) is 6.92 Å². The number of aryl methyl sites for hydroxylation is 1. The monoisotopic (exact) mass is 304 g/mol. The second-order valence-corrected chi connectivity index (χ2v) is 5.46. The normalized spacial score (nSPS) is 10.9. The third kappa shape index (κ3) is 3.22. The summed E-state index contributed by atoms with van der Waals surface area (Å²) < 4.78 is 1.25. The number of rotatable bonds is 4. The average Bonchev–Trinajstić information content (AvgIpc) is 2.47. The van der Waals surface area contributed by atoms with Crippen molar-refractivity contribution in [3.05, 3.63) is 51.8 Å². The van der Waals surface area contributed by atoms with Crippen molar-refractivity contribution in [1.82, 2.24) is 9.78 Å². The van der Waals surface area contributed by atoms with E-state index in [4.69, 9.17) is 11.6 Å². The number of hydrogen-bond acceptors (Lipinski definition) is 3. The van der Waals surface area contributed by atoms with Crippen LogP contribution in [0, 0.1) is 0 Å². The van der Waals surface area contributed by atoms with E-state index in [2.05, 4.69) is 18.9 Å². The molecular formula is C16H17ClN2O2. The first kappa shape index (κ1) is 15.4. The standard InChI is InChI=1S/C16H17ClN2O2/c1-4-19-16(21)13(15(17)20)9-14(18-19)12-7-5-11(6-8-12)10(2)3/h5-10H,4H2,1-3H3. The van der Waals surface area contributed by atoms with Crippen LogP contribution in [0.3, 0.4) is 0 Å². The molecule has 1 heterocycles. The summed E-state index contributed by atoms with van der Waals surface area (Å²) in [5.41, 5.74) is 2.13. The van der Waals surface area contributed by atoms with Crippen molar-refractivity contribution >= 4 is 16.8 Å². The molecule has 0 N–H and O–H groups in total. The van der Waals surface area contributed by atoms with Gasteiger partial charge in [0.25, 0.3) is 10.8 Å². The van der Waals surface area contributed by atoms with Gasteiger partial charge in [-0.2, -0.15) is 5.10 Å². The summed E-state index contributed by atoms with van der Waals surface area (Å²) in [5.74, 6) is 0.441. The van der Waals surface area contributed by atoms with Crippen LogP contribution < -0.4 is 5.56 Å². The Kier molecular flexibility index (Phi) is 4.58. The molecule has 2 rings (SSSR count). The first-order chi connectivity index (χ1) is 9.93. The van der Waals surface area contributed by atoms with Crippen molar-refractivity contribution in [2.75, 3.05) is 0 Å². The van der Waals surface area contributed by atoms with E-state index in [9.17, 15) is 9.59 Å². The van der Waals surface area contributed by atoms with Gasteiger partial charge in [-0.25, -0.2) is 4.68 Å². The second-order valence-electron chi connectivity index (χ2n) is 5.11. The molecule has 0 aliphatic heterocycles. The van der Waals surface area contributed by atoms with Crippen LogP contribution in [0.5, 0.6) is 0 Å². The zero-order valence-electron chi connectivity index (χ0n) is 12.3. The Morgan fingerprint density at radius 2 is 1.90 bits per heavy atom. The molecule has 0 fully saturated rings. The van der Waals surface area contributed by atoms with Crippen molar-refractivity contribution < 1.29 is 4.79 Å². The minimum Gasteiger partial charge on any atom is -0.275 e. The van der Waals surface area contributed by atoms with Crippen LogP contribution in [0.1, 0.15) is 42.6 Å². The summed E-state index contributed by atoms with van der Waals surface area (Å²) >= 11 is 5.48. The average molecular weight is 305 g/mol. The highest BCUT2D eigenvalue weighted by molar-refractivity contribution is 6.67. The van der Waals surface area contributed by atoms with Crippen molar-refractivity contribution in [1.29, 1.82) is 0 Å². The highest BCUT2D eigenvalue weighted by Crippen LogP contribution is 2.21. The summed E-state index contributed by atoms with van der Waals surface area (Å²) in [6.45, 7) is 6.42. The molecule has 0 radical (unpaired) electrons. The summed E-state index contributed by atoms with van der Waals surface area (Å²) in [7, 11) is 0. The number of nitrogens with zero attached hydrogens (tertiary/aromatic N) is 2. The van der Waals surface area contributed by atoms with E-state index >= 15 is 0 Å². The Hall–Kier alpha value is -1.94. The van der Waals surface area contributed by atoms with Crippen LogP contribution in [0.2, 0.25) is 0 Å². The highest BCUT2D eigenvalue weighted by atomic mass is 35.5. The van der Waals surface area contributed by atoms with Gasteiger partial charge in [-0.05, 0) is 36.1 Å². The Labute approximate surface area is 128 Å². The maximum absolute atomic E-state index is 12.0. The third-order valence-electron chi connectivity index (χ3n) is 3.36. The molecule has 0 aliphatic rings. The van der Waals surface area contributed by atoms with Crippen LogP contribution in [-0.4, -0.2) is 15.0 Å². The molecule has 0 saturated heterocycles. The summed E-state index contributed by atoms with van der Waals surface area (Å²) in [5, 5.41) is 3.51. The van der Waals surface area contributed by atoms with Gasteiger partial charge >= 0.3 is 0 Å². The summed E-state index contributed by atoms with van der Waals surface area (Å²) in [6.07, 6.45) is 0. The first-order valence-corrected chi connectivity index (χ1v) is 7.24. The van der Waals surface area contributed by atoms with Crippen molar-refractivity contribution in [2.45, 2.75) is 33.2 Å². The molecule has 4 nitrogen and oxygen atoms in total. The molecule has 0 saturated carbocycles. The Balaban J connectivity index is 2.55. The number of aromatic nitrogens is 2.